The third-order valence-corrected chi connectivity index (χ3v) is 10.5. The Bertz CT molecular complexity index is 972. The van der Waals surface area contributed by atoms with E-state index in [1.54, 1.807) is 0 Å². The lowest BCUT2D eigenvalue weighted by Crippen LogP contribution is -2.29. The van der Waals surface area contributed by atoms with Gasteiger partial charge in [0, 0.05) is 12.8 Å². The summed E-state index contributed by atoms with van der Waals surface area (Å²) >= 11 is 0. The zero-order valence-corrected chi connectivity index (χ0v) is 36.0. The van der Waals surface area contributed by atoms with Gasteiger partial charge in [-0.05, 0) is 64.2 Å². The largest absolute Gasteiger partial charge is 0.472 e. The van der Waals surface area contributed by atoms with Crippen molar-refractivity contribution >= 4 is 19.8 Å². The fraction of sp³-hybridized carbons (Fsp3) is 0.864. The lowest BCUT2D eigenvalue weighted by atomic mass is 10.1. The van der Waals surface area contributed by atoms with Gasteiger partial charge in [-0.2, -0.15) is 0 Å². The van der Waals surface area contributed by atoms with E-state index in [0.717, 1.165) is 44.9 Å². The van der Waals surface area contributed by atoms with Crippen LogP contribution in [-0.4, -0.2) is 65.7 Å². The number of aliphatic hydroxyl groups excluding tert-OH is 2. The Labute approximate surface area is 336 Å². The average molecular weight is 803 g/mol. The maximum atomic E-state index is 12.6. The number of hydrogen-bond donors (Lipinski definition) is 3. The monoisotopic (exact) mass is 803 g/mol. The normalized spacial score (nSPS) is 14.1. The molecule has 0 spiro atoms. The zero-order valence-electron chi connectivity index (χ0n) is 35.2. The molecule has 0 rings (SSSR count). The minimum atomic E-state index is -4.62. The standard InChI is InChI=1S/C44H83O10P/c1-3-5-7-9-11-13-15-17-19-20-22-24-26-28-30-32-34-36-44(48)54-42(40-53-55(49,50)52-38-41(46)37-45)39-51-43(47)35-33-31-29-27-25-23-21-18-16-14-12-10-8-6-4-2/h13-16,41-42,45-46H,3-12,17-40H2,1-2H3,(H,49,50)/b15-13+,16-14+/t41-,42+/m0/s1. The molecule has 0 aliphatic heterocycles. The van der Waals surface area contributed by atoms with E-state index < -0.39 is 51.8 Å². The number of unbranched alkanes of at least 4 members (excludes halogenated alkanes) is 24. The highest BCUT2D eigenvalue weighted by Crippen LogP contribution is 2.43. The molecule has 10 nitrogen and oxygen atoms in total. The summed E-state index contributed by atoms with van der Waals surface area (Å²) in [7, 11) is -4.62. The summed E-state index contributed by atoms with van der Waals surface area (Å²) in [6, 6.07) is 0. The minimum absolute atomic E-state index is 0.183. The van der Waals surface area contributed by atoms with Gasteiger partial charge in [0.05, 0.1) is 19.8 Å². The molecule has 11 heteroatoms. The van der Waals surface area contributed by atoms with Crippen LogP contribution >= 0.6 is 7.82 Å². The maximum absolute atomic E-state index is 12.6. The van der Waals surface area contributed by atoms with Crippen molar-refractivity contribution in [2.24, 2.45) is 0 Å². The number of phosphoric acid groups is 1. The molecule has 0 heterocycles. The molecule has 0 fully saturated rings. The first-order valence-electron chi connectivity index (χ1n) is 22.3. The molecular weight excluding hydrogens is 719 g/mol. The molecule has 55 heavy (non-hydrogen) atoms. The molecular formula is C44H83O10P. The van der Waals surface area contributed by atoms with E-state index in [1.807, 2.05) is 0 Å². The first kappa shape index (κ1) is 53.5. The van der Waals surface area contributed by atoms with Crippen LogP contribution in [0, 0.1) is 0 Å². The Hall–Kier alpha value is -1.55. The molecule has 3 N–H and O–H groups in total. The van der Waals surface area contributed by atoms with Gasteiger partial charge in [-0.3, -0.25) is 18.6 Å². The Kier molecular flexibility index (Phi) is 39.5. The highest BCUT2D eigenvalue weighted by molar-refractivity contribution is 7.47. The molecule has 1 unspecified atom stereocenters. The van der Waals surface area contributed by atoms with Gasteiger partial charge in [0.15, 0.2) is 6.10 Å². The van der Waals surface area contributed by atoms with Crippen molar-refractivity contribution in [1.29, 1.82) is 0 Å². The minimum Gasteiger partial charge on any atom is -0.462 e. The van der Waals surface area contributed by atoms with Gasteiger partial charge in [0.25, 0.3) is 0 Å². The van der Waals surface area contributed by atoms with Crippen molar-refractivity contribution in [2.75, 3.05) is 26.4 Å². The summed E-state index contributed by atoms with van der Waals surface area (Å²) in [5, 5.41) is 18.3. The van der Waals surface area contributed by atoms with Crippen LogP contribution in [0.15, 0.2) is 24.3 Å². The predicted octanol–water partition coefficient (Wildman–Crippen LogP) is 11.8. The van der Waals surface area contributed by atoms with E-state index in [2.05, 4.69) is 38.2 Å². The molecule has 0 bridgehead atoms. The number of ether oxygens (including phenoxy) is 2. The van der Waals surface area contributed by atoms with Crippen molar-refractivity contribution < 1.29 is 47.8 Å². The lowest BCUT2D eigenvalue weighted by molar-refractivity contribution is -0.161. The Morgan fingerprint density at radius 1 is 0.527 bits per heavy atom. The van der Waals surface area contributed by atoms with Crippen LogP contribution in [0.2, 0.25) is 0 Å². The second-order valence-corrected chi connectivity index (χ2v) is 16.5. The Balaban J connectivity index is 4.27. The van der Waals surface area contributed by atoms with Crippen molar-refractivity contribution in [3.63, 3.8) is 0 Å². The molecule has 324 valence electrons. The molecule has 0 aromatic heterocycles. The van der Waals surface area contributed by atoms with E-state index >= 15 is 0 Å². The van der Waals surface area contributed by atoms with Crippen LogP contribution < -0.4 is 0 Å². The highest BCUT2D eigenvalue weighted by Gasteiger charge is 2.27. The van der Waals surface area contributed by atoms with Gasteiger partial charge >= 0.3 is 19.8 Å². The van der Waals surface area contributed by atoms with Gasteiger partial charge in [0.2, 0.25) is 0 Å². The van der Waals surface area contributed by atoms with Crippen molar-refractivity contribution in [3.05, 3.63) is 24.3 Å². The van der Waals surface area contributed by atoms with Crippen LogP contribution in [0.3, 0.4) is 0 Å². The molecule has 0 amide bonds. The molecule has 0 radical (unpaired) electrons. The zero-order chi connectivity index (χ0) is 40.5. The number of carbonyl (C=O) groups is 2. The summed E-state index contributed by atoms with van der Waals surface area (Å²) < 4.78 is 32.7. The van der Waals surface area contributed by atoms with Crippen LogP contribution in [0.5, 0.6) is 0 Å². The first-order chi connectivity index (χ1) is 26.7. The van der Waals surface area contributed by atoms with E-state index in [1.165, 1.54) is 122 Å². The average Bonchev–Trinajstić information content (AvgIpc) is 3.17. The predicted molar refractivity (Wildman–Crippen MR) is 224 cm³/mol. The van der Waals surface area contributed by atoms with Crippen LogP contribution in [-0.2, 0) is 32.7 Å². The molecule has 0 aromatic rings. The number of hydrogen-bond acceptors (Lipinski definition) is 9. The van der Waals surface area contributed by atoms with Gasteiger partial charge in [-0.15, -0.1) is 0 Å². The molecule has 0 saturated heterocycles. The second-order valence-electron chi connectivity index (χ2n) is 15.1. The van der Waals surface area contributed by atoms with Crippen molar-refractivity contribution in [3.8, 4) is 0 Å². The molecule has 3 atom stereocenters. The summed E-state index contributed by atoms with van der Waals surface area (Å²) in [6.07, 6.45) is 39.9. The fourth-order valence-corrected chi connectivity index (χ4v) is 6.89. The lowest BCUT2D eigenvalue weighted by Gasteiger charge is -2.20. The summed E-state index contributed by atoms with van der Waals surface area (Å²) in [4.78, 5) is 35.0. The number of carbonyl (C=O) groups excluding carboxylic acids is 2. The van der Waals surface area contributed by atoms with Gasteiger partial charge in [-0.1, -0.05) is 154 Å². The van der Waals surface area contributed by atoms with Crippen LogP contribution in [0.1, 0.15) is 206 Å². The summed E-state index contributed by atoms with van der Waals surface area (Å²) in [5.41, 5.74) is 0. The van der Waals surface area contributed by atoms with Gasteiger partial charge < -0.3 is 24.6 Å². The third kappa shape index (κ3) is 40.4. The van der Waals surface area contributed by atoms with E-state index in [4.69, 9.17) is 23.6 Å². The SMILES string of the molecule is CCCCCC/C=C/CCCCCCCCCCCC(=O)O[C@H](COC(=O)CCCCCCCCC/C=C/CCCCCC)COP(=O)(O)OC[C@@H](O)CO. The quantitative estimate of drug-likeness (QED) is 0.0236. The maximum Gasteiger partial charge on any atom is 0.472 e. The fourth-order valence-electron chi connectivity index (χ4n) is 6.10. The molecule has 0 aliphatic rings. The van der Waals surface area contributed by atoms with Crippen LogP contribution in [0.4, 0.5) is 0 Å². The van der Waals surface area contributed by atoms with Gasteiger partial charge in [0.1, 0.15) is 12.7 Å². The number of rotatable bonds is 42. The topological polar surface area (TPSA) is 149 Å². The number of allylic oxidation sites excluding steroid dienone is 4. The van der Waals surface area contributed by atoms with Crippen molar-refractivity contribution in [2.45, 2.75) is 219 Å². The smallest absolute Gasteiger partial charge is 0.462 e. The van der Waals surface area contributed by atoms with Gasteiger partial charge in [-0.25, -0.2) is 4.57 Å². The van der Waals surface area contributed by atoms with E-state index in [9.17, 15) is 24.2 Å². The molecule has 0 aliphatic carbocycles. The van der Waals surface area contributed by atoms with Crippen molar-refractivity contribution in [1.82, 2.24) is 0 Å². The third-order valence-electron chi connectivity index (χ3n) is 9.58. The molecule has 0 saturated carbocycles. The Morgan fingerprint density at radius 2 is 0.891 bits per heavy atom. The summed E-state index contributed by atoms with van der Waals surface area (Å²) in [6.45, 7) is 2.37. The molecule has 0 aromatic carbocycles. The van der Waals surface area contributed by atoms with Crippen LogP contribution in [0.25, 0.3) is 0 Å². The number of phosphoric ester groups is 1. The number of aliphatic hydroxyl groups is 2. The Morgan fingerprint density at radius 3 is 1.31 bits per heavy atom. The highest BCUT2D eigenvalue weighted by atomic mass is 31.2. The summed E-state index contributed by atoms with van der Waals surface area (Å²) in [5.74, 6) is -0.926. The first-order valence-corrected chi connectivity index (χ1v) is 23.8. The van der Waals surface area contributed by atoms with E-state index in [-0.39, 0.29) is 19.4 Å². The second kappa shape index (κ2) is 40.6. The number of esters is 2. The van der Waals surface area contributed by atoms with E-state index in [0.29, 0.717) is 12.8 Å².